The van der Waals surface area contributed by atoms with Crippen molar-refractivity contribution in [3.63, 3.8) is 0 Å². The average molecular weight is 524 g/mol. The monoisotopic (exact) mass is 523 g/mol. The smallest absolute Gasteiger partial charge is 0.339 e. The number of phenolic OH excluding ortho intramolecular Hbond substituents is 1. The van der Waals surface area contributed by atoms with Crippen molar-refractivity contribution in [1.29, 1.82) is 0 Å². The fourth-order valence-corrected chi connectivity index (χ4v) is 5.53. The van der Waals surface area contributed by atoms with E-state index in [1.54, 1.807) is 37.4 Å². The Morgan fingerprint density at radius 2 is 1.68 bits per heavy atom. The number of carbonyl (C=O) groups is 1. The zero-order valence-electron chi connectivity index (χ0n) is 21.2. The summed E-state index contributed by atoms with van der Waals surface area (Å²) in [6, 6.07) is 11.8. The number of nitrogens with zero attached hydrogens (tertiary/aromatic N) is 1. The van der Waals surface area contributed by atoms with Crippen molar-refractivity contribution in [3.05, 3.63) is 71.4 Å². The van der Waals surface area contributed by atoms with E-state index in [2.05, 4.69) is 0 Å². The number of hydrogen-bond acceptors (Lipinski definition) is 5. The molecule has 0 bridgehead atoms. The standard InChI is InChI=1S/C29H27F2NO6/c1-36-15-29(11-4-12-29)27-24(16-5-7-18(28(34)35)22(13-16)37-2)25-21(10-9-20(31)26(25)33)32(27)17-6-8-19(30)23(14-17)38-3/h5-10,13-14,33H,4,11-12,15H2,1-3H3,(H,34,35). The van der Waals surface area contributed by atoms with Gasteiger partial charge in [0.25, 0.3) is 0 Å². The minimum absolute atomic E-state index is 0.0320. The Bertz CT molecular complexity index is 1560. The maximum Gasteiger partial charge on any atom is 0.339 e. The lowest BCUT2D eigenvalue weighted by molar-refractivity contribution is 0.0693. The lowest BCUT2D eigenvalue weighted by Gasteiger charge is -2.43. The van der Waals surface area contributed by atoms with E-state index in [0.29, 0.717) is 28.9 Å². The molecule has 0 aliphatic heterocycles. The van der Waals surface area contributed by atoms with Crippen LogP contribution in [0.5, 0.6) is 17.2 Å². The molecule has 0 spiro atoms. The summed E-state index contributed by atoms with van der Waals surface area (Å²) in [6.07, 6.45) is 2.45. The maximum atomic E-state index is 14.9. The Balaban J connectivity index is 1.96. The molecule has 0 saturated heterocycles. The first-order chi connectivity index (χ1) is 18.3. The maximum absolute atomic E-state index is 14.9. The van der Waals surface area contributed by atoms with Gasteiger partial charge in [0.2, 0.25) is 0 Å². The molecule has 1 heterocycles. The molecule has 1 saturated carbocycles. The predicted molar refractivity (Wildman–Crippen MR) is 138 cm³/mol. The molecule has 38 heavy (non-hydrogen) atoms. The van der Waals surface area contributed by atoms with E-state index in [9.17, 15) is 23.8 Å². The van der Waals surface area contributed by atoms with Crippen LogP contribution in [0.15, 0.2) is 48.5 Å². The molecule has 0 unspecified atom stereocenters. The zero-order valence-corrected chi connectivity index (χ0v) is 21.2. The van der Waals surface area contributed by atoms with E-state index < -0.39 is 28.8 Å². The number of aromatic carboxylic acids is 1. The molecule has 0 atom stereocenters. The van der Waals surface area contributed by atoms with Gasteiger partial charge in [0, 0.05) is 35.5 Å². The number of aromatic hydroxyl groups is 1. The fourth-order valence-electron chi connectivity index (χ4n) is 5.53. The van der Waals surface area contributed by atoms with Gasteiger partial charge in [0.1, 0.15) is 11.3 Å². The van der Waals surface area contributed by atoms with E-state index in [1.807, 2.05) is 4.57 Å². The van der Waals surface area contributed by atoms with Crippen molar-refractivity contribution in [3.8, 4) is 34.1 Å². The molecule has 1 aliphatic rings. The highest BCUT2D eigenvalue weighted by molar-refractivity contribution is 6.04. The van der Waals surface area contributed by atoms with E-state index >= 15 is 0 Å². The average Bonchev–Trinajstić information content (AvgIpc) is 3.24. The summed E-state index contributed by atoms with van der Waals surface area (Å²) in [5.41, 5.74) is 2.29. The largest absolute Gasteiger partial charge is 0.504 e. The minimum Gasteiger partial charge on any atom is -0.504 e. The fraction of sp³-hybridized carbons (Fsp3) is 0.276. The number of rotatable bonds is 8. The number of ether oxygens (including phenoxy) is 3. The number of carboxylic acids is 1. The summed E-state index contributed by atoms with van der Waals surface area (Å²) in [5, 5.41) is 20.9. The molecule has 198 valence electrons. The second-order valence-electron chi connectivity index (χ2n) is 9.46. The normalized spacial score (nSPS) is 14.3. The molecule has 0 amide bonds. The van der Waals surface area contributed by atoms with E-state index in [0.717, 1.165) is 25.0 Å². The van der Waals surface area contributed by atoms with Gasteiger partial charge in [-0.1, -0.05) is 12.5 Å². The minimum atomic E-state index is -1.15. The molecule has 1 fully saturated rings. The van der Waals surface area contributed by atoms with Crippen LogP contribution in [-0.4, -0.2) is 48.7 Å². The topological polar surface area (TPSA) is 90.2 Å². The Kier molecular flexibility index (Phi) is 6.48. The van der Waals surface area contributed by atoms with Gasteiger partial charge >= 0.3 is 5.97 Å². The number of benzene rings is 3. The second kappa shape index (κ2) is 9.64. The third-order valence-electron chi connectivity index (χ3n) is 7.41. The molecular formula is C29H27F2NO6. The Morgan fingerprint density at radius 3 is 2.29 bits per heavy atom. The molecule has 1 aliphatic carbocycles. The lowest BCUT2D eigenvalue weighted by Crippen LogP contribution is -2.41. The first-order valence-electron chi connectivity index (χ1n) is 12.1. The molecule has 2 N–H and O–H groups in total. The van der Waals surface area contributed by atoms with Crippen LogP contribution in [0.25, 0.3) is 27.7 Å². The Hall–Kier alpha value is -4.11. The number of halogens is 2. The van der Waals surface area contributed by atoms with Crippen LogP contribution in [0.2, 0.25) is 0 Å². The van der Waals surface area contributed by atoms with Gasteiger partial charge in [0.15, 0.2) is 23.1 Å². The summed E-state index contributed by atoms with van der Waals surface area (Å²) in [6.45, 7) is 0.349. The third-order valence-corrected chi connectivity index (χ3v) is 7.41. The molecule has 3 aromatic carbocycles. The number of carboxylic acid groups (broad SMARTS) is 1. The quantitative estimate of drug-likeness (QED) is 0.292. The van der Waals surface area contributed by atoms with Gasteiger partial charge in [-0.05, 0) is 54.8 Å². The highest BCUT2D eigenvalue weighted by Crippen LogP contribution is 2.53. The molecule has 5 rings (SSSR count). The zero-order chi connectivity index (χ0) is 27.2. The Morgan fingerprint density at radius 1 is 0.974 bits per heavy atom. The van der Waals surface area contributed by atoms with Crippen molar-refractivity contribution in [2.45, 2.75) is 24.7 Å². The van der Waals surface area contributed by atoms with Gasteiger partial charge in [-0.2, -0.15) is 0 Å². The molecule has 4 aromatic rings. The van der Waals surface area contributed by atoms with Crippen molar-refractivity contribution in [1.82, 2.24) is 4.57 Å². The van der Waals surface area contributed by atoms with E-state index in [4.69, 9.17) is 14.2 Å². The van der Waals surface area contributed by atoms with Crippen molar-refractivity contribution in [2.75, 3.05) is 27.9 Å². The second-order valence-corrected chi connectivity index (χ2v) is 9.46. The van der Waals surface area contributed by atoms with Crippen LogP contribution in [-0.2, 0) is 10.2 Å². The lowest BCUT2D eigenvalue weighted by atomic mass is 9.65. The number of fused-ring (bicyclic) bond motifs is 1. The van der Waals surface area contributed by atoms with Gasteiger partial charge in [0.05, 0.1) is 31.7 Å². The van der Waals surface area contributed by atoms with Gasteiger partial charge in [-0.3, -0.25) is 0 Å². The van der Waals surface area contributed by atoms with Gasteiger partial charge in [-0.25, -0.2) is 13.6 Å². The first kappa shape index (κ1) is 25.5. The number of aromatic nitrogens is 1. The number of methoxy groups -OCH3 is 3. The molecule has 7 nitrogen and oxygen atoms in total. The van der Waals surface area contributed by atoms with Crippen LogP contribution >= 0.6 is 0 Å². The molecular weight excluding hydrogens is 496 g/mol. The van der Waals surface area contributed by atoms with Crippen LogP contribution in [0, 0.1) is 11.6 Å². The van der Waals surface area contributed by atoms with Gasteiger partial charge < -0.3 is 29.0 Å². The SMILES string of the molecule is COCC1(c2c(-c3ccc(C(=O)O)c(OC)c3)c3c(O)c(F)ccc3n2-c2ccc(F)c(OC)c2)CCC1. The van der Waals surface area contributed by atoms with Crippen molar-refractivity contribution in [2.24, 2.45) is 0 Å². The van der Waals surface area contributed by atoms with Crippen LogP contribution in [0.4, 0.5) is 8.78 Å². The Labute approximate surface area is 217 Å². The van der Waals surface area contributed by atoms with Gasteiger partial charge in [-0.15, -0.1) is 0 Å². The summed E-state index contributed by atoms with van der Waals surface area (Å²) in [5.74, 6) is -2.88. The van der Waals surface area contributed by atoms with Crippen LogP contribution < -0.4 is 9.47 Å². The van der Waals surface area contributed by atoms with Crippen LogP contribution in [0.3, 0.4) is 0 Å². The van der Waals surface area contributed by atoms with E-state index in [1.165, 1.54) is 32.4 Å². The molecule has 9 heteroatoms. The van der Waals surface area contributed by atoms with Crippen LogP contribution in [0.1, 0.15) is 35.3 Å². The van der Waals surface area contributed by atoms with E-state index in [-0.39, 0.29) is 22.4 Å². The molecule has 0 radical (unpaired) electrons. The highest BCUT2D eigenvalue weighted by Gasteiger charge is 2.45. The number of hydrogen-bond donors (Lipinski definition) is 2. The van der Waals surface area contributed by atoms with Crippen molar-refractivity contribution >= 4 is 16.9 Å². The van der Waals surface area contributed by atoms with Crippen molar-refractivity contribution < 1.29 is 38.0 Å². The third kappa shape index (κ3) is 3.85. The summed E-state index contributed by atoms with van der Waals surface area (Å²) >= 11 is 0. The summed E-state index contributed by atoms with van der Waals surface area (Å²) < 4.78 is 47.4. The predicted octanol–water partition coefficient (Wildman–Crippen LogP) is 6.06. The highest BCUT2D eigenvalue weighted by atomic mass is 19.1. The first-order valence-corrected chi connectivity index (χ1v) is 12.1. The summed E-state index contributed by atoms with van der Waals surface area (Å²) in [7, 11) is 4.35. The summed E-state index contributed by atoms with van der Waals surface area (Å²) in [4.78, 5) is 11.8. The molecule has 1 aromatic heterocycles. The number of phenols is 1.